The van der Waals surface area contributed by atoms with Crippen molar-refractivity contribution in [3.05, 3.63) is 0 Å². The van der Waals surface area contributed by atoms with Gasteiger partial charge in [-0.1, -0.05) is 52.1 Å². The summed E-state index contributed by atoms with van der Waals surface area (Å²) in [4.78, 5) is 22.8. The van der Waals surface area contributed by atoms with E-state index in [0.717, 1.165) is 0 Å². The average molecular weight is 317 g/mol. The molecule has 2 unspecified atom stereocenters. The fourth-order valence-corrected chi connectivity index (χ4v) is 1.43. The molecule has 0 fully saturated rings. The van der Waals surface area contributed by atoms with Gasteiger partial charge in [0.15, 0.2) is 0 Å². The van der Waals surface area contributed by atoms with Crippen molar-refractivity contribution in [1.82, 2.24) is 0 Å². The van der Waals surface area contributed by atoms with Crippen LogP contribution in [0.4, 0.5) is 0 Å². The topological polar surface area (TPSA) is 63.6 Å². The minimum Gasteiger partial charge on any atom is -0.481 e. The van der Waals surface area contributed by atoms with E-state index >= 15 is 0 Å². The van der Waals surface area contributed by atoms with Crippen molar-refractivity contribution in [1.29, 1.82) is 0 Å². The van der Waals surface area contributed by atoms with Crippen molar-refractivity contribution in [2.24, 2.45) is 5.89 Å². The highest BCUT2D eigenvalue weighted by atomic mass is 16.5. The normalized spacial score (nSPS) is 30.3. The Labute approximate surface area is 151 Å². The second-order valence-electron chi connectivity index (χ2n) is 4.17. The zero-order chi connectivity index (χ0) is 29.9. The maximum absolute atomic E-state index is 12.3. The molecule has 0 amide bonds. The Hall–Kier alpha value is -1.06. The first-order valence-corrected chi connectivity index (χ1v) is 6.57. The molecule has 0 aliphatic rings. The number of carboxylic acid groups (broad SMARTS) is 1. The number of carbonyl (C=O) groups is 2. The molecule has 1 N–H and O–H groups in total. The van der Waals surface area contributed by atoms with E-state index in [1.807, 2.05) is 0 Å². The zero-order valence-corrected chi connectivity index (χ0v) is 11.7. The highest BCUT2D eigenvalue weighted by Crippen LogP contribution is 2.14. The first kappa shape index (κ1) is 5.86. The molecule has 4 heteroatoms. The predicted molar refractivity (Wildman–Crippen MR) is 84.2 cm³/mol. The third kappa shape index (κ3) is 13.7. The minimum atomic E-state index is -4.35. The molecule has 21 heavy (non-hydrogen) atoms. The Balaban J connectivity index is 6.10. The van der Waals surface area contributed by atoms with Crippen LogP contribution in [0.5, 0.6) is 0 Å². The summed E-state index contributed by atoms with van der Waals surface area (Å²) in [6, 6.07) is 0. The molecule has 0 rings (SSSR count). The van der Waals surface area contributed by atoms with Crippen LogP contribution in [0.2, 0.25) is 0 Å². The minimum absolute atomic E-state index is 0.0409. The van der Waals surface area contributed by atoms with Crippen LogP contribution in [0, 0.1) is 5.89 Å². The lowest BCUT2D eigenvalue weighted by Gasteiger charge is -2.14. The molecule has 0 heterocycles. The van der Waals surface area contributed by atoms with E-state index in [9.17, 15) is 9.59 Å². The van der Waals surface area contributed by atoms with E-state index in [1.54, 1.807) is 0 Å². The van der Waals surface area contributed by atoms with E-state index in [1.165, 1.54) is 0 Å². The number of rotatable bonds is 14. The molecule has 0 aliphatic carbocycles. The van der Waals surface area contributed by atoms with Gasteiger partial charge in [-0.25, -0.2) is 0 Å². The fourth-order valence-electron chi connectivity index (χ4n) is 1.43. The van der Waals surface area contributed by atoms with Crippen LogP contribution < -0.4 is 0 Å². The molecule has 0 bridgehead atoms. The van der Waals surface area contributed by atoms with Gasteiger partial charge >= 0.3 is 11.9 Å². The first-order valence-electron chi connectivity index (χ1n) is 14.7. The number of ether oxygens (including phenoxy) is 1. The summed E-state index contributed by atoms with van der Waals surface area (Å²) in [7, 11) is 0. The largest absolute Gasteiger partial charge is 0.481 e. The third-order valence-electron chi connectivity index (χ3n) is 2.45. The smallest absolute Gasteiger partial charge is 0.305 e. The van der Waals surface area contributed by atoms with Crippen molar-refractivity contribution < 1.29 is 41.4 Å². The lowest BCUT2D eigenvalue weighted by Crippen LogP contribution is -2.13. The molecule has 0 aromatic rings. The molecule has 124 valence electrons. The Bertz CT molecular complexity index is 791. The summed E-state index contributed by atoms with van der Waals surface area (Å²) in [6.07, 6.45) is -14.5. The second-order valence-corrected chi connectivity index (χ2v) is 4.17. The van der Waals surface area contributed by atoms with Crippen LogP contribution in [0.25, 0.3) is 0 Å². The number of hydrogen-bond donors (Lipinski definition) is 1. The summed E-state index contributed by atoms with van der Waals surface area (Å²) in [5.74, 6) is -6.54. The van der Waals surface area contributed by atoms with Crippen molar-refractivity contribution in [3.8, 4) is 0 Å². The van der Waals surface area contributed by atoms with Gasteiger partial charge in [-0.05, 0) is 25.1 Å². The Morgan fingerprint density at radius 3 is 2.57 bits per heavy atom. The molecular formula is C17H32O4. The van der Waals surface area contributed by atoms with Crippen LogP contribution in [0.1, 0.15) is 106 Å². The number of carboxylic acids is 1. The van der Waals surface area contributed by atoms with Crippen molar-refractivity contribution in [2.45, 2.75) is 84.2 Å². The van der Waals surface area contributed by atoms with E-state index in [4.69, 9.17) is 27.0 Å². The lowest BCUT2D eigenvalue weighted by molar-refractivity contribution is -0.145. The van der Waals surface area contributed by atoms with Gasteiger partial charge in [0, 0.05) is 32.0 Å². The Kier molecular flexibility index (Phi) is 3.88. The van der Waals surface area contributed by atoms with Crippen LogP contribution in [0.3, 0.4) is 0 Å². The maximum atomic E-state index is 12.3. The van der Waals surface area contributed by atoms with Gasteiger partial charge in [0.1, 0.15) is 0 Å². The first-order chi connectivity index (χ1) is 16.2. The molecule has 4 nitrogen and oxygen atoms in total. The van der Waals surface area contributed by atoms with E-state index in [-0.39, 0.29) is 12.8 Å². The van der Waals surface area contributed by atoms with E-state index in [0.29, 0.717) is 25.7 Å². The van der Waals surface area contributed by atoms with E-state index in [2.05, 4.69) is 4.74 Å². The number of hydrogen-bond acceptors (Lipinski definition) is 3. The monoisotopic (exact) mass is 316 g/mol. The number of aliphatic carboxylic acids is 1. The van der Waals surface area contributed by atoms with Crippen molar-refractivity contribution in [2.75, 3.05) is 6.56 Å². The third-order valence-corrected chi connectivity index (χ3v) is 2.45. The maximum Gasteiger partial charge on any atom is 0.305 e. The van der Waals surface area contributed by atoms with Gasteiger partial charge in [-0.2, -0.15) is 0 Å². The van der Waals surface area contributed by atoms with Gasteiger partial charge in [0.2, 0.25) is 0 Å². The molecule has 0 aliphatic heterocycles. The molecule has 0 saturated carbocycles. The quantitative estimate of drug-likeness (QED) is 0.377. The van der Waals surface area contributed by atoms with Crippen molar-refractivity contribution >= 4 is 11.9 Å². The molecule has 0 aromatic heterocycles. The average Bonchev–Trinajstić information content (AvgIpc) is 2.69. The SMILES string of the molecule is [2H]C(C([2H])([2H])[2H])C([2H])(C([2H])([2H])OC(=O)CCCCCCCC(=O)O)C([2H])([2H])C([2H])([2H])C([2H])([2H])C([2H])([2H])[2H]. The standard InChI is InChI=1S/C17H32O4/c1-3-5-11-15(4-2)14-21-17(20)13-10-8-6-7-9-12-16(18)19/h15H,3-14H2,1-2H3,(H,18,19)/i1D3,2D3,3D2,4D,5D2,11D2,14D2,15D. The van der Waals surface area contributed by atoms with Gasteiger partial charge in [0.25, 0.3) is 0 Å². The summed E-state index contributed by atoms with van der Waals surface area (Å²) < 4.78 is 129. The molecule has 0 spiro atoms. The van der Waals surface area contributed by atoms with Crippen LogP contribution in [0.15, 0.2) is 0 Å². The summed E-state index contributed by atoms with van der Waals surface area (Å²) in [5, 5.41) is 8.58. The number of carbonyl (C=O) groups excluding carboxylic acids is 1. The van der Waals surface area contributed by atoms with Gasteiger partial charge in [-0.3, -0.25) is 9.59 Å². The van der Waals surface area contributed by atoms with Crippen molar-refractivity contribution in [3.63, 3.8) is 0 Å². The summed E-state index contributed by atoms with van der Waals surface area (Å²) in [5.41, 5.74) is 0. The molecule has 0 saturated heterocycles. The Morgan fingerprint density at radius 1 is 1.19 bits per heavy atom. The zero-order valence-electron chi connectivity index (χ0n) is 27.7. The van der Waals surface area contributed by atoms with E-state index < -0.39 is 70.0 Å². The molecule has 0 radical (unpaired) electrons. The van der Waals surface area contributed by atoms with Crippen LogP contribution >= 0.6 is 0 Å². The molecule has 0 aromatic carbocycles. The highest BCUT2D eigenvalue weighted by Gasteiger charge is 2.09. The highest BCUT2D eigenvalue weighted by molar-refractivity contribution is 5.69. The lowest BCUT2D eigenvalue weighted by atomic mass is 10.0. The second kappa shape index (κ2) is 13.9. The van der Waals surface area contributed by atoms with Crippen LogP contribution in [-0.2, 0) is 14.3 Å². The molecular weight excluding hydrogens is 268 g/mol. The number of esters is 1. The summed E-state index contributed by atoms with van der Waals surface area (Å²) >= 11 is 0. The Morgan fingerprint density at radius 2 is 1.90 bits per heavy atom. The van der Waals surface area contributed by atoms with Gasteiger partial charge < -0.3 is 9.84 Å². The molecule has 2 atom stereocenters. The van der Waals surface area contributed by atoms with Gasteiger partial charge in [-0.15, -0.1) is 0 Å². The summed E-state index contributed by atoms with van der Waals surface area (Å²) in [6.45, 7) is -11.5. The van der Waals surface area contributed by atoms with Gasteiger partial charge in [0.05, 0.1) is 9.30 Å². The predicted octanol–water partition coefficient (Wildman–Crippen LogP) is 4.56. The number of unbranched alkanes of at least 4 members (excludes halogenated alkanes) is 4. The van der Waals surface area contributed by atoms with Crippen LogP contribution in [-0.4, -0.2) is 23.6 Å². The fraction of sp³-hybridized carbons (Fsp3) is 0.882.